The molecule has 0 aliphatic carbocycles. The summed E-state index contributed by atoms with van der Waals surface area (Å²) in [5.74, 6) is 0. The first-order valence-corrected chi connectivity index (χ1v) is 8.40. The van der Waals surface area contributed by atoms with Crippen molar-refractivity contribution in [3.05, 3.63) is 0 Å². The van der Waals surface area contributed by atoms with Gasteiger partial charge in [-0.2, -0.15) is 0 Å². The van der Waals surface area contributed by atoms with Crippen molar-refractivity contribution in [1.29, 1.82) is 0 Å². The quantitative estimate of drug-likeness (QED) is 0.381. The molecule has 0 aromatic carbocycles. The molecule has 0 spiro atoms. The van der Waals surface area contributed by atoms with Gasteiger partial charge in [0.25, 0.3) is 0 Å². The van der Waals surface area contributed by atoms with E-state index in [-0.39, 0.29) is 8.46 Å². The molecular weight excluding hydrogens is 256 g/mol. The molecule has 0 amide bonds. The second kappa shape index (κ2) is 3.30. The Balaban J connectivity index is 3.15. The van der Waals surface area contributed by atoms with Crippen molar-refractivity contribution >= 4 is 18.1 Å². The van der Waals surface area contributed by atoms with Crippen molar-refractivity contribution in [2.24, 2.45) is 0 Å². The predicted molar refractivity (Wildman–Crippen MR) is 59.1 cm³/mol. The highest BCUT2D eigenvalue weighted by Crippen LogP contribution is 2.50. The Kier molecular flexibility index (Phi) is 2.92. The fraction of sp³-hybridized carbons (Fsp3) is 1.00. The molecule has 0 unspecified atom stereocenters. The SMILES string of the molecule is CC(C)(C)N1[Si](F)(F)N(C(C)(C)C)[Si]1(F)F. The molecule has 0 saturated carbocycles. The number of hydrogen-bond donors (Lipinski definition) is 0. The molecule has 0 radical (unpaired) electrons. The lowest BCUT2D eigenvalue weighted by Crippen LogP contribution is -2.93. The van der Waals surface area contributed by atoms with E-state index in [4.69, 9.17) is 0 Å². The van der Waals surface area contributed by atoms with Crippen LogP contribution in [0.5, 0.6) is 0 Å². The average Bonchev–Trinajstić information content (AvgIpc) is 1.69. The highest BCUT2D eigenvalue weighted by Gasteiger charge is 2.85. The van der Waals surface area contributed by atoms with Gasteiger partial charge in [0.05, 0.1) is 0 Å². The Morgan fingerprint density at radius 3 is 0.938 bits per heavy atom. The molecule has 0 aromatic heterocycles. The molecule has 1 saturated heterocycles. The summed E-state index contributed by atoms with van der Waals surface area (Å²) >= 11 is 0. The zero-order chi connectivity index (χ0) is 13.2. The minimum atomic E-state index is -5.14. The highest BCUT2D eigenvalue weighted by molar-refractivity contribution is 6.93. The Morgan fingerprint density at radius 1 is 0.625 bits per heavy atom. The number of halogens is 4. The minimum Gasteiger partial charge on any atom is -0.238 e. The summed E-state index contributed by atoms with van der Waals surface area (Å²) < 4.78 is 56.0. The summed E-state index contributed by atoms with van der Waals surface area (Å²) in [5.41, 5.74) is -2.35. The van der Waals surface area contributed by atoms with Crippen molar-refractivity contribution in [2.75, 3.05) is 0 Å². The molecule has 8 heteroatoms. The zero-order valence-electron chi connectivity index (χ0n) is 10.4. The number of hydrogen-bond acceptors (Lipinski definition) is 2. The van der Waals surface area contributed by atoms with Gasteiger partial charge in [0, 0.05) is 11.1 Å². The molecule has 1 heterocycles. The van der Waals surface area contributed by atoms with Crippen molar-refractivity contribution in [3.63, 3.8) is 0 Å². The highest BCUT2D eigenvalue weighted by atomic mass is 28.6. The summed E-state index contributed by atoms with van der Waals surface area (Å²) in [7, 11) is -10.3. The molecular formula is C8H18F4N2Si2. The van der Waals surface area contributed by atoms with Gasteiger partial charge in [-0.05, 0) is 41.5 Å². The Labute approximate surface area is 96.2 Å². The first-order chi connectivity index (χ1) is 6.73. The maximum atomic E-state index is 13.9. The molecule has 0 aromatic rings. The van der Waals surface area contributed by atoms with E-state index in [1.54, 1.807) is 0 Å². The molecule has 0 N–H and O–H groups in total. The van der Waals surface area contributed by atoms with Crippen LogP contribution in [0.25, 0.3) is 0 Å². The lowest BCUT2D eigenvalue weighted by molar-refractivity contribution is 0.0750. The van der Waals surface area contributed by atoms with Gasteiger partial charge in [-0.25, -0.2) is 24.9 Å². The van der Waals surface area contributed by atoms with E-state index in [1.807, 2.05) is 0 Å². The Hall–Kier alpha value is 0.0738. The van der Waals surface area contributed by atoms with E-state index < -0.39 is 29.2 Å². The largest absolute Gasteiger partial charge is 0.596 e. The lowest BCUT2D eigenvalue weighted by atomic mass is 10.1. The van der Waals surface area contributed by atoms with Crippen LogP contribution in [0.3, 0.4) is 0 Å². The van der Waals surface area contributed by atoms with Crippen LogP contribution in [-0.2, 0) is 0 Å². The van der Waals surface area contributed by atoms with Gasteiger partial charge in [-0.15, -0.1) is 0 Å². The molecule has 0 atom stereocenters. The maximum Gasteiger partial charge on any atom is 0.596 e. The summed E-state index contributed by atoms with van der Waals surface area (Å²) in [6, 6.07) is 0. The summed E-state index contributed by atoms with van der Waals surface area (Å²) in [5, 5.41) is 0. The van der Waals surface area contributed by atoms with E-state index in [9.17, 15) is 16.4 Å². The fourth-order valence-corrected chi connectivity index (χ4v) is 8.85. The Morgan fingerprint density at radius 2 is 0.812 bits per heavy atom. The lowest BCUT2D eigenvalue weighted by Gasteiger charge is -2.60. The van der Waals surface area contributed by atoms with E-state index >= 15 is 0 Å². The van der Waals surface area contributed by atoms with Gasteiger partial charge >= 0.3 is 18.1 Å². The van der Waals surface area contributed by atoms with Gasteiger partial charge in [0.15, 0.2) is 0 Å². The second-order valence-electron chi connectivity index (χ2n) is 6.03. The third-order valence-electron chi connectivity index (χ3n) is 2.42. The number of nitrogens with zero attached hydrogens (tertiary/aromatic N) is 2. The zero-order valence-corrected chi connectivity index (χ0v) is 12.4. The van der Waals surface area contributed by atoms with Crippen LogP contribution in [0.1, 0.15) is 41.5 Å². The molecule has 16 heavy (non-hydrogen) atoms. The first kappa shape index (κ1) is 14.1. The van der Waals surface area contributed by atoms with E-state index in [2.05, 4.69) is 0 Å². The number of rotatable bonds is 0. The molecule has 2 nitrogen and oxygen atoms in total. The van der Waals surface area contributed by atoms with Gasteiger partial charge in [-0.1, -0.05) is 0 Å². The van der Waals surface area contributed by atoms with Gasteiger partial charge in [0.2, 0.25) is 0 Å². The van der Waals surface area contributed by atoms with E-state index in [0.717, 1.165) is 0 Å². The molecule has 1 aliphatic heterocycles. The normalized spacial score (nSPS) is 26.6. The topological polar surface area (TPSA) is 6.48 Å². The van der Waals surface area contributed by atoms with E-state index in [0.29, 0.717) is 0 Å². The molecule has 1 fully saturated rings. The van der Waals surface area contributed by atoms with Crippen LogP contribution < -0.4 is 0 Å². The van der Waals surface area contributed by atoms with Gasteiger partial charge in [-0.3, -0.25) is 0 Å². The van der Waals surface area contributed by atoms with Crippen LogP contribution >= 0.6 is 0 Å². The van der Waals surface area contributed by atoms with Crippen molar-refractivity contribution in [1.82, 2.24) is 8.46 Å². The van der Waals surface area contributed by atoms with E-state index in [1.165, 1.54) is 41.5 Å². The van der Waals surface area contributed by atoms with Crippen molar-refractivity contribution in [3.8, 4) is 0 Å². The summed E-state index contributed by atoms with van der Waals surface area (Å²) in [6.45, 7) is 8.47. The average molecular weight is 274 g/mol. The van der Waals surface area contributed by atoms with Crippen molar-refractivity contribution < 1.29 is 16.4 Å². The third kappa shape index (κ3) is 1.85. The monoisotopic (exact) mass is 274 g/mol. The van der Waals surface area contributed by atoms with Gasteiger partial charge < -0.3 is 0 Å². The van der Waals surface area contributed by atoms with Crippen LogP contribution in [0, 0.1) is 0 Å². The second-order valence-corrected chi connectivity index (χ2v) is 10.8. The molecule has 96 valence electrons. The molecule has 0 bridgehead atoms. The smallest absolute Gasteiger partial charge is 0.238 e. The Bertz CT molecular complexity index is 253. The van der Waals surface area contributed by atoms with Crippen LogP contribution in [-0.4, -0.2) is 37.7 Å². The standard InChI is InChI=1S/C8H18F4N2Si2/c1-7(2,3)13-15(9,10)14(8(4,5)6)16(13,11)12/h1-6H3. The first-order valence-electron chi connectivity index (χ1n) is 5.10. The summed E-state index contributed by atoms with van der Waals surface area (Å²) in [6.07, 6.45) is 0. The third-order valence-corrected chi connectivity index (χ3v) is 10.5. The van der Waals surface area contributed by atoms with Crippen molar-refractivity contribution in [2.45, 2.75) is 52.6 Å². The predicted octanol–water partition coefficient (Wildman–Crippen LogP) is 2.95. The van der Waals surface area contributed by atoms with Crippen LogP contribution in [0.15, 0.2) is 0 Å². The molecule has 1 rings (SSSR count). The van der Waals surface area contributed by atoms with Crippen LogP contribution in [0.4, 0.5) is 16.4 Å². The minimum absolute atomic E-state index is 0.220. The van der Waals surface area contributed by atoms with Gasteiger partial charge in [0.1, 0.15) is 0 Å². The fourth-order valence-electron chi connectivity index (χ4n) is 2.09. The molecule has 1 aliphatic rings. The summed E-state index contributed by atoms with van der Waals surface area (Å²) in [4.78, 5) is 0. The van der Waals surface area contributed by atoms with Crippen LogP contribution in [0.2, 0.25) is 0 Å². The maximum absolute atomic E-state index is 13.9.